The minimum absolute atomic E-state index is 0.255. The maximum atomic E-state index is 12.8. The van der Waals surface area contributed by atoms with Gasteiger partial charge in [0, 0.05) is 4.88 Å². The first-order valence-corrected chi connectivity index (χ1v) is 10.3. The molecule has 3 rings (SSSR count). The first kappa shape index (κ1) is 19.4. The number of carbonyl (C=O) groups is 2. The molecular weight excluding hydrogens is 360 g/mol. The topological polar surface area (TPSA) is 81.4 Å². The lowest BCUT2D eigenvalue weighted by Gasteiger charge is -2.20. The molecule has 1 aliphatic carbocycles. The van der Waals surface area contributed by atoms with E-state index in [9.17, 15) is 9.59 Å². The van der Waals surface area contributed by atoms with Crippen LogP contribution in [0.15, 0.2) is 30.3 Å². The zero-order valence-electron chi connectivity index (χ0n) is 15.8. The van der Waals surface area contributed by atoms with Crippen molar-refractivity contribution in [3.63, 3.8) is 0 Å². The average Bonchev–Trinajstić information content (AvgIpc) is 3.03. The minimum Gasteiger partial charge on any atom is -0.481 e. The van der Waals surface area contributed by atoms with Crippen LogP contribution in [0.25, 0.3) is 0 Å². The number of rotatable bonds is 7. The van der Waals surface area contributed by atoms with E-state index in [0.717, 1.165) is 31.2 Å². The van der Waals surface area contributed by atoms with Crippen molar-refractivity contribution in [2.45, 2.75) is 52.1 Å². The monoisotopic (exact) mass is 386 g/mol. The van der Waals surface area contributed by atoms with Crippen LogP contribution in [0.2, 0.25) is 0 Å². The van der Waals surface area contributed by atoms with Gasteiger partial charge in [-0.3, -0.25) is 9.59 Å². The van der Waals surface area contributed by atoms with Gasteiger partial charge < -0.3 is 15.8 Å². The molecule has 3 N–H and O–H groups in total. The van der Waals surface area contributed by atoms with Crippen LogP contribution >= 0.6 is 11.3 Å². The molecule has 0 radical (unpaired) electrons. The number of ether oxygens (including phenoxy) is 1. The molecule has 0 saturated carbocycles. The molecule has 1 aliphatic rings. The summed E-state index contributed by atoms with van der Waals surface area (Å²) in [7, 11) is 0. The fourth-order valence-electron chi connectivity index (χ4n) is 3.53. The van der Waals surface area contributed by atoms with E-state index in [1.54, 1.807) is 0 Å². The number of para-hydroxylation sites is 1. The smallest absolute Gasteiger partial charge is 0.266 e. The van der Waals surface area contributed by atoms with Gasteiger partial charge in [0.05, 0.1) is 5.56 Å². The lowest BCUT2D eigenvalue weighted by atomic mass is 9.85. The first-order valence-electron chi connectivity index (χ1n) is 9.50. The summed E-state index contributed by atoms with van der Waals surface area (Å²) in [5.41, 5.74) is 7.14. The van der Waals surface area contributed by atoms with E-state index >= 15 is 0 Å². The Hall–Kier alpha value is -2.34. The van der Waals surface area contributed by atoms with Crippen LogP contribution in [0, 0.1) is 5.92 Å². The van der Waals surface area contributed by atoms with E-state index in [1.165, 1.54) is 16.2 Å². The summed E-state index contributed by atoms with van der Waals surface area (Å²) >= 11 is 1.48. The van der Waals surface area contributed by atoms with Crippen molar-refractivity contribution < 1.29 is 14.3 Å². The number of hydrogen-bond acceptors (Lipinski definition) is 4. The lowest BCUT2D eigenvalue weighted by molar-refractivity contribution is -0.122. The van der Waals surface area contributed by atoms with Crippen LogP contribution in [0.4, 0.5) is 5.00 Å². The van der Waals surface area contributed by atoms with Crippen LogP contribution in [-0.2, 0) is 17.6 Å². The predicted molar refractivity (Wildman–Crippen MR) is 108 cm³/mol. The molecule has 1 aromatic carbocycles. The van der Waals surface area contributed by atoms with E-state index in [2.05, 4.69) is 12.2 Å². The van der Waals surface area contributed by atoms with Crippen LogP contribution in [-0.4, -0.2) is 17.9 Å². The lowest BCUT2D eigenvalue weighted by Crippen LogP contribution is -2.32. The third-order valence-electron chi connectivity index (χ3n) is 5.11. The van der Waals surface area contributed by atoms with Gasteiger partial charge in [0.25, 0.3) is 11.8 Å². The van der Waals surface area contributed by atoms with Gasteiger partial charge in [0.15, 0.2) is 6.10 Å². The number of nitrogens with two attached hydrogens (primary N) is 1. The predicted octanol–water partition coefficient (Wildman–Crippen LogP) is 4.16. The zero-order valence-corrected chi connectivity index (χ0v) is 16.6. The molecule has 1 aromatic heterocycles. The molecule has 0 bridgehead atoms. The molecule has 0 aliphatic heterocycles. The van der Waals surface area contributed by atoms with Gasteiger partial charge >= 0.3 is 0 Å². The van der Waals surface area contributed by atoms with E-state index in [0.29, 0.717) is 28.7 Å². The number of fused-ring (bicyclic) bond motifs is 1. The second kappa shape index (κ2) is 8.57. The average molecular weight is 387 g/mol. The summed E-state index contributed by atoms with van der Waals surface area (Å²) in [4.78, 5) is 26.0. The molecule has 2 unspecified atom stereocenters. The SMILES string of the molecule is CCC1CCc2c(sc(NC(=O)C(CC)Oc3ccccc3)c2C(N)=O)C1. The Morgan fingerprint density at radius 1 is 1.30 bits per heavy atom. The van der Waals surface area contributed by atoms with Crippen LogP contribution < -0.4 is 15.8 Å². The molecule has 2 amide bonds. The van der Waals surface area contributed by atoms with Gasteiger partial charge in [-0.15, -0.1) is 11.3 Å². The van der Waals surface area contributed by atoms with Crippen molar-refractivity contribution in [1.82, 2.24) is 0 Å². The summed E-state index contributed by atoms with van der Waals surface area (Å²) in [6, 6.07) is 9.26. The van der Waals surface area contributed by atoms with Crippen molar-refractivity contribution in [1.29, 1.82) is 0 Å². The van der Waals surface area contributed by atoms with Crippen LogP contribution in [0.3, 0.4) is 0 Å². The van der Waals surface area contributed by atoms with Gasteiger partial charge in [0.1, 0.15) is 10.8 Å². The fourth-order valence-corrected chi connectivity index (χ4v) is 4.90. The number of nitrogens with one attached hydrogen (secondary N) is 1. The molecule has 0 spiro atoms. The summed E-state index contributed by atoms with van der Waals surface area (Å²) in [6.45, 7) is 4.08. The van der Waals surface area contributed by atoms with Crippen molar-refractivity contribution in [3.05, 3.63) is 46.3 Å². The number of benzene rings is 1. The zero-order chi connectivity index (χ0) is 19.4. The summed E-state index contributed by atoms with van der Waals surface area (Å²) in [5.74, 6) is 0.542. The van der Waals surface area contributed by atoms with Gasteiger partial charge in [-0.2, -0.15) is 0 Å². The van der Waals surface area contributed by atoms with Gasteiger partial charge in [-0.25, -0.2) is 0 Å². The van der Waals surface area contributed by atoms with E-state index in [-0.39, 0.29) is 5.91 Å². The van der Waals surface area contributed by atoms with Crippen molar-refractivity contribution in [2.24, 2.45) is 11.7 Å². The Morgan fingerprint density at radius 3 is 2.67 bits per heavy atom. The second-order valence-electron chi connectivity index (χ2n) is 6.91. The van der Waals surface area contributed by atoms with Crippen molar-refractivity contribution in [3.8, 4) is 5.75 Å². The normalized spacial score (nSPS) is 17.0. The van der Waals surface area contributed by atoms with Gasteiger partial charge in [-0.1, -0.05) is 38.5 Å². The Morgan fingerprint density at radius 2 is 2.04 bits per heavy atom. The highest BCUT2D eigenvalue weighted by atomic mass is 32.1. The third kappa shape index (κ3) is 4.33. The number of amides is 2. The number of anilines is 1. The molecule has 0 fully saturated rings. The minimum atomic E-state index is -0.629. The molecule has 2 aromatic rings. The molecule has 1 heterocycles. The summed E-state index contributed by atoms with van der Waals surface area (Å²) < 4.78 is 5.81. The Balaban J connectivity index is 1.80. The molecule has 144 valence electrons. The fraction of sp³-hybridized carbons (Fsp3) is 0.429. The van der Waals surface area contributed by atoms with Crippen LogP contribution in [0.1, 0.15) is 53.9 Å². The summed E-state index contributed by atoms with van der Waals surface area (Å²) in [5, 5.41) is 3.47. The van der Waals surface area contributed by atoms with E-state index < -0.39 is 12.0 Å². The molecule has 5 nitrogen and oxygen atoms in total. The second-order valence-corrected chi connectivity index (χ2v) is 8.01. The largest absolute Gasteiger partial charge is 0.481 e. The Kier molecular flexibility index (Phi) is 6.16. The standard InChI is InChI=1S/C21H26N2O3S/c1-3-13-10-11-15-17(12-13)27-21(18(15)19(22)24)23-20(25)16(4-2)26-14-8-6-5-7-9-14/h5-9,13,16H,3-4,10-12H2,1-2H3,(H2,22,24)(H,23,25). The highest BCUT2D eigenvalue weighted by Crippen LogP contribution is 2.40. The molecule has 6 heteroatoms. The Labute approximate surface area is 163 Å². The maximum absolute atomic E-state index is 12.8. The summed E-state index contributed by atoms with van der Waals surface area (Å²) in [6.07, 6.45) is 3.86. The number of hydrogen-bond donors (Lipinski definition) is 2. The number of carbonyl (C=O) groups excluding carboxylic acids is 2. The van der Waals surface area contributed by atoms with Crippen molar-refractivity contribution >= 4 is 28.2 Å². The number of thiophene rings is 1. The van der Waals surface area contributed by atoms with Crippen LogP contribution in [0.5, 0.6) is 5.75 Å². The molecule has 0 saturated heterocycles. The van der Waals surface area contributed by atoms with Gasteiger partial charge in [-0.05, 0) is 49.3 Å². The molecule has 27 heavy (non-hydrogen) atoms. The third-order valence-corrected chi connectivity index (χ3v) is 6.28. The molecule has 2 atom stereocenters. The molecular formula is C21H26N2O3S. The quantitative estimate of drug-likeness (QED) is 0.750. The highest BCUT2D eigenvalue weighted by Gasteiger charge is 2.29. The van der Waals surface area contributed by atoms with E-state index in [1.807, 2.05) is 37.3 Å². The van der Waals surface area contributed by atoms with Gasteiger partial charge in [0.2, 0.25) is 0 Å². The maximum Gasteiger partial charge on any atom is 0.266 e. The Bertz CT molecular complexity index is 816. The number of primary amides is 1. The first-order chi connectivity index (χ1) is 13.0. The van der Waals surface area contributed by atoms with Crippen molar-refractivity contribution in [2.75, 3.05) is 5.32 Å². The van der Waals surface area contributed by atoms with E-state index in [4.69, 9.17) is 10.5 Å². The highest BCUT2D eigenvalue weighted by molar-refractivity contribution is 7.17.